The van der Waals surface area contributed by atoms with Crippen LogP contribution in [0.15, 0.2) is 42.5 Å². The van der Waals surface area contributed by atoms with Crippen molar-refractivity contribution in [2.45, 2.75) is 32.5 Å². The van der Waals surface area contributed by atoms with Gasteiger partial charge >= 0.3 is 0 Å². The first-order valence-corrected chi connectivity index (χ1v) is 9.42. The maximum Gasteiger partial charge on any atom is 0.268 e. The van der Waals surface area contributed by atoms with Crippen LogP contribution in [0.3, 0.4) is 0 Å². The van der Waals surface area contributed by atoms with Gasteiger partial charge in [-0.15, -0.1) is 0 Å². The lowest BCUT2D eigenvalue weighted by atomic mass is 10.2. The minimum absolute atomic E-state index is 0.0683. The number of ether oxygens (including phenoxy) is 3. The molecule has 0 spiro atoms. The van der Waals surface area contributed by atoms with Crippen molar-refractivity contribution in [1.29, 1.82) is 0 Å². The van der Waals surface area contributed by atoms with Crippen LogP contribution in [0, 0.1) is 0 Å². The lowest BCUT2D eigenvalue weighted by Crippen LogP contribution is -2.31. The van der Waals surface area contributed by atoms with E-state index in [0.29, 0.717) is 30.3 Å². The zero-order chi connectivity index (χ0) is 19.7. The second-order valence-corrected chi connectivity index (χ2v) is 6.84. The molecule has 0 saturated carbocycles. The van der Waals surface area contributed by atoms with E-state index in [1.807, 2.05) is 42.5 Å². The molecule has 1 amide bonds. The molecule has 28 heavy (non-hydrogen) atoms. The van der Waals surface area contributed by atoms with Gasteiger partial charge in [-0.1, -0.05) is 19.1 Å². The van der Waals surface area contributed by atoms with Crippen LogP contribution >= 0.6 is 0 Å². The summed E-state index contributed by atoms with van der Waals surface area (Å²) in [5.41, 5.74) is 2.53. The Hall–Kier alpha value is -3.15. The lowest BCUT2D eigenvalue weighted by molar-refractivity contribution is 0.0935. The van der Waals surface area contributed by atoms with Crippen molar-refractivity contribution < 1.29 is 19.0 Å². The van der Waals surface area contributed by atoms with Crippen molar-refractivity contribution in [3.8, 4) is 17.2 Å². The second kappa shape index (κ2) is 7.46. The van der Waals surface area contributed by atoms with Gasteiger partial charge in [-0.25, -0.2) is 0 Å². The summed E-state index contributed by atoms with van der Waals surface area (Å²) in [7, 11) is 3.22. The van der Waals surface area contributed by atoms with Gasteiger partial charge in [0.05, 0.1) is 26.3 Å². The van der Waals surface area contributed by atoms with Crippen LogP contribution in [-0.4, -0.2) is 30.8 Å². The maximum atomic E-state index is 13.0. The monoisotopic (exact) mass is 380 g/mol. The molecule has 146 valence electrons. The highest BCUT2D eigenvalue weighted by Gasteiger charge is 2.25. The van der Waals surface area contributed by atoms with E-state index in [1.165, 1.54) is 0 Å². The zero-order valence-corrected chi connectivity index (χ0v) is 16.3. The van der Waals surface area contributed by atoms with E-state index in [9.17, 15) is 4.79 Å². The SMILES string of the molecule is CC[C@@H]1Cn2c(C(=O)NCc3ccc(OC)cc3OC)cc3cccc(c32)O1. The lowest BCUT2D eigenvalue weighted by Gasteiger charge is -2.26. The number of aromatic nitrogens is 1. The summed E-state index contributed by atoms with van der Waals surface area (Å²) in [5.74, 6) is 2.12. The van der Waals surface area contributed by atoms with Gasteiger partial charge < -0.3 is 24.1 Å². The summed E-state index contributed by atoms with van der Waals surface area (Å²) in [6, 6.07) is 13.4. The molecule has 0 saturated heterocycles. The number of carbonyl (C=O) groups excluding carboxylic acids is 1. The van der Waals surface area contributed by atoms with Crippen LogP contribution in [0.4, 0.5) is 0 Å². The van der Waals surface area contributed by atoms with E-state index in [1.54, 1.807) is 14.2 Å². The van der Waals surface area contributed by atoms with Crippen LogP contribution in [0.25, 0.3) is 10.9 Å². The quantitative estimate of drug-likeness (QED) is 0.707. The van der Waals surface area contributed by atoms with E-state index >= 15 is 0 Å². The molecule has 0 unspecified atom stereocenters. The van der Waals surface area contributed by atoms with Gasteiger partial charge in [-0.05, 0) is 30.7 Å². The number of nitrogens with zero attached hydrogens (tertiary/aromatic N) is 1. The third-order valence-electron chi connectivity index (χ3n) is 5.18. The van der Waals surface area contributed by atoms with E-state index < -0.39 is 0 Å². The third kappa shape index (κ3) is 3.15. The van der Waals surface area contributed by atoms with Crippen molar-refractivity contribution >= 4 is 16.8 Å². The largest absolute Gasteiger partial charge is 0.497 e. The molecule has 6 heteroatoms. The summed E-state index contributed by atoms with van der Waals surface area (Å²) in [5, 5.41) is 4.03. The number of hydrogen-bond donors (Lipinski definition) is 1. The predicted octanol–water partition coefficient (Wildman–Crippen LogP) is 3.76. The van der Waals surface area contributed by atoms with Crippen LogP contribution in [0.5, 0.6) is 17.2 Å². The highest BCUT2D eigenvalue weighted by molar-refractivity contribution is 6.00. The normalized spacial score (nSPS) is 15.2. The number of nitrogens with one attached hydrogen (secondary N) is 1. The molecule has 1 N–H and O–H groups in total. The molecule has 3 aromatic rings. The molecule has 1 atom stereocenters. The van der Waals surface area contributed by atoms with Crippen LogP contribution in [0.1, 0.15) is 29.4 Å². The van der Waals surface area contributed by atoms with Crippen molar-refractivity contribution in [3.63, 3.8) is 0 Å². The molecule has 0 aliphatic carbocycles. The minimum atomic E-state index is -0.114. The molecule has 0 bridgehead atoms. The van der Waals surface area contributed by atoms with Gasteiger partial charge in [-0.2, -0.15) is 0 Å². The number of benzene rings is 2. The summed E-state index contributed by atoms with van der Waals surface area (Å²) >= 11 is 0. The molecule has 1 aliphatic rings. The standard InChI is InChI=1S/C22H24N2O4/c1-4-16-13-24-18(10-14-6-5-7-19(28-16)21(14)24)22(25)23-12-15-8-9-17(26-2)11-20(15)27-3/h5-11,16H,4,12-13H2,1-3H3,(H,23,25)/t16-/m1/s1. The first-order chi connectivity index (χ1) is 13.6. The molecule has 1 aliphatic heterocycles. The predicted molar refractivity (Wildman–Crippen MR) is 107 cm³/mol. The van der Waals surface area contributed by atoms with Gasteiger partial charge in [0.25, 0.3) is 5.91 Å². The van der Waals surface area contributed by atoms with Crippen LogP contribution in [0.2, 0.25) is 0 Å². The average Bonchev–Trinajstić information content (AvgIpc) is 3.11. The Morgan fingerprint density at radius 3 is 2.82 bits per heavy atom. The highest BCUT2D eigenvalue weighted by Crippen LogP contribution is 2.34. The fourth-order valence-corrected chi connectivity index (χ4v) is 3.66. The van der Waals surface area contributed by atoms with Gasteiger partial charge in [-0.3, -0.25) is 4.79 Å². The van der Waals surface area contributed by atoms with Crippen molar-refractivity contribution in [3.05, 3.63) is 53.7 Å². The number of hydrogen-bond acceptors (Lipinski definition) is 4. The zero-order valence-electron chi connectivity index (χ0n) is 16.3. The Kier molecular flexibility index (Phi) is 4.86. The van der Waals surface area contributed by atoms with E-state index in [4.69, 9.17) is 14.2 Å². The molecule has 6 nitrogen and oxygen atoms in total. The fourth-order valence-electron chi connectivity index (χ4n) is 3.66. The van der Waals surface area contributed by atoms with E-state index in [0.717, 1.165) is 28.6 Å². The average molecular weight is 380 g/mol. The summed E-state index contributed by atoms with van der Waals surface area (Å²) < 4.78 is 18.8. The van der Waals surface area contributed by atoms with E-state index in [-0.39, 0.29) is 12.0 Å². The second-order valence-electron chi connectivity index (χ2n) is 6.84. The van der Waals surface area contributed by atoms with Gasteiger partial charge in [0.1, 0.15) is 29.0 Å². The van der Waals surface area contributed by atoms with Crippen LogP contribution < -0.4 is 19.5 Å². The number of rotatable bonds is 6. The van der Waals surface area contributed by atoms with Crippen molar-refractivity contribution in [2.75, 3.05) is 14.2 Å². The van der Waals surface area contributed by atoms with Crippen molar-refractivity contribution in [2.24, 2.45) is 0 Å². The van der Waals surface area contributed by atoms with Gasteiger partial charge in [0, 0.05) is 23.6 Å². The number of methoxy groups -OCH3 is 2. The molecule has 2 heterocycles. The van der Waals surface area contributed by atoms with Crippen LogP contribution in [-0.2, 0) is 13.1 Å². The smallest absolute Gasteiger partial charge is 0.268 e. The minimum Gasteiger partial charge on any atom is -0.497 e. The Morgan fingerprint density at radius 1 is 1.21 bits per heavy atom. The molecule has 0 fully saturated rings. The third-order valence-corrected chi connectivity index (χ3v) is 5.18. The molecule has 4 rings (SSSR count). The van der Waals surface area contributed by atoms with Gasteiger partial charge in [0.15, 0.2) is 0 Å². The number of para-hydroxylation sites is 1. The first kappa shape index (κ1) is 18.2. The molecule has 0 radical (unpaired) electrons. The van der Waals surface area contributed by atoms with E-state index in [2.05, 4.69) is 16.8 Å². The Bertz CT molecular complexity index is 1020. The molecular formula is C22H24N2O4. The summed E-state index contributed by atoms with van der Waals surface area (Å²) in [6.07, 6.45) is 0.955. The highest BCUT2D eigenvalue weighted by atomic mass is 16.5. The molecular weight excluding hydrogens is 356 g/mol. The number of amides is 1. The first-order valence-electron chi connectivity index (χ1n) is 9.42. The van der Waals surface area contributed by atoms with Gasteiger partial charge in [0.2, 0.25) is 0 Å². The fraction of sp³-hybridized carbons (Fsp3) is 0.318. The topological polar surface area (TPSA) is 61.7 Å². The Morgan fingerprint density at radius 2 is 2.07 bits per heavy atom. The van der Waals surface area contributed by atoms with Crippen molar-refractivity contribution in [1.82, 2.24) is 9.88 Å². The molecule has 2 aromatic carbocycles. The summed E-state index contributed by atoms with van der Waals surface area (Å²) in [6.45, 7) is 3.13. The summed E-state index contributed by atoms with van der Waals surface area (Å²) in [4.78, 5) is 13.0. The molecule has 1 aromatic heterocycles. The maximum absolute atomic E-state index is 13.0. The number of carbonyl (C=O) groups is 1. The Balaban J connectivity index is 1.60. The Labute approximate surface area is 164 Å².